The molecule has 0 aromatic heterocycles. The molecule has 1 rings (SSSR count). The highest BCUT2D eigenvalue weighted by atomic mass is 14.9. The molecule has 4 heteroatoms. The lowest BCUT2D eigenvalue weighted by Gasteiger charge is -2.17. The van der Waals surface area contributed by atoms with Crippen LogP contribution in [0.2, 0.25) is 0 Å². The zero-order chi connectivity index (χ0) is 13.8. The van der Waals surface area contributed by atoms with E-state index < -0.39 is 0 Å². The van der Waals surface area contributed by atoms with Crippen molar-refractivity contribution in [2.24, 2.45) is 16.9 Å². The Kier molecular flexibility index (Phi) is 4.11. The van der Waals surface area contributed by atoms with E-state index in [-0.39, 0.29) is 5.41 Å². The van der Waals surface area contributed by atoms with Crippen LogP contribution in [0.15, 0.2) is 36.0 Å². The molecule has 0 aliphatic rings. The van der Waals surface area contributed by atoms with Crippen molar-refractivity contribution < 1.29 is 4.99 Å². The van der Waals surface area contributed by atoms with E-state index >= 15 is 0 Å². The number of nitrogens with zero attached hydrogens (tertiary/aromatic N) is 1. The molecule has 1 aromatic rings. The molecule has 0 saturated heterocycles. The molecule has 0 heterocycles. The number of hydrogen-bond acceptors (Lipinski definition) is 2. The van der Waals surface area contributed by atoms with Gasteiger partial charge in [-0.1, -0.05) is 20.8 Å². The summed E-state index contributed by atoms with van der Waals surface area (Å²) in [4.78, 5) is 3.02. The van der Waals surface area contributed by atoms with Gasteiger partial charge in [-0.25, -0.2) is 4.99 Å². The summed E-state index contributed by atoms with van der Waals surface area (Å²) in [5.74, 6) is 0.479. The van der Waals surface area contributed by atoms with Gasteiger partial charge in [0.2, 0.25) is 0 Å². The van der Waals surface area contributed by atoms with Crippen molar-refractivity contribution in [1.29, 1.82) is 5.26 Å². The molecule has 0 radical (unpaired) electrons. The highest BCUT2D eigenvalue weighted by molar-refractivity contribution is 5.87. The normalized spacial score (nSPS) is 13.2. The van der Waals surface area contributed by atoms with Gasteiger partial charge in [0.1, 0.15) is 5.69 Å². The Hall–Kier alpha value is -2.28. The molecule has 4 nitrogen and oxygen atoms in total. The molecular weight excluding hydrogens is 224 g/mol. The quantitative estimate of drug-likeness (QED) is 0.522. The van der Waals surface area contributed by atoms with Gasteiger partial charge >= 0.3 is 0 Å². The molecule has 94 valence electrons. The van der Waals surface area contributed by atoms with Crippen LogP contribution in [-0.2, 0) is 0 Å². The van der Waals surface area contributed by atoms with E-state index in [4.69, 9.17) is 16.7 Å². The number of benzene rings is 1. The van der Waals surface area contributed by atoms with E-state index in [1.807, 2.05) is 20.8 Å². The molecule has 18 heavy (non-hydrogen) atoms. The average Bonchev–Trinajstić information content (AvgIpc) is 2.28. The minimum Gasteiger partial charge on any atom is -0.401 e. The Morgan fingerprint density at radius 1 is 1.22 bits per heavy atom. The first-order chi connectivity index (χ1) is 8.32. The number of nitrogens with one attached hydrogen (secondary N) is 1. The zero-order valence-electron chi connectivity index (χ0n) is 11.0. The average molecular weight is 243 g/mol. The molecule has 0 bridgehead atoms. The van der Waals surface area contributed by atoms with Gasteiger partial charge < -0.3 is 5.73 Å². The van der Waals surface area contributed by atoms with Crippen LogP contribution in [0.25, 0.3) is 0 Å². The molecule has 5 N–H and O–H groups in total. The first kappa shape index (κ1) is 13.8. The maximum atomic E-state index is 8.69. The van der Waals surface area contributed by atoms with Gasteiger partial charge in [0.25, 0.3) is 5.84 Å². The van der Waals surface area contributed by atoms with Crippen LogP contribution in [0.4, 0.5) is 5.69 Å². The first-order valence-corrected chi connectivity index (χ1v) is 5.70. The predicted molar refractivity (Wildman–Crippen MR) is 72.7 cm³/mol. The third-order valence-corrected chi connectivity index (χ3v) is 2.48. The maximum absolute atomic E-state index is 8.69. The Morgan fingerprint density at radius 3 is 2.22 bits per heavy atom. The lowest BCUT2D eigenvalue weighted by atomic mass is 9.92. The zero-order valence-corrected chi connectivity index (χ0v) is 11.0. The van der Waals surface area contributed by atoms with Gasteiger partial charge in [-0.15, -0.1) is 0 Å². The van der Waals surface area contributed by atoms with Gasteiger partial charge in [-0.3, -0.25) is 5.73 Å². The molecule has 1 aromatic carbocycles. The number of nitriles is 1. The highest BCUT2D eigenvalue weighted by Gasteiger charge is 2.14. The van der Waals surface area contributed by atoms with Crippen LogP contribution in [0.3, 0.4) is 0 Å². The Labute approximate surface area is 108 Å². The second-order valence-electron chi connectivity index (χ2n) is 5.12. The SMILES string of the molecule is CC(C)(C)C(N)=CC(N)=[NH+]c1ccc(C#N)cc1. The molecule has 0 aliphatic carbocycles. The maximum Gasteiger partial charge on any atom is 0.272 e. The van der Waals surface area contributed by atoms with E-state index in [0.29, 0.717) is 17.1 Å². The lowest BCUT2D eigenvalue weighted by Crippen LogP contribution is -2.68. The van der Waals surface area contributed by atoms with Crippen molar-refractivity contribution in [3.05, 3.63) is 41.6 Å². The van der Waals surface area contributed by atoms with Crippen molar-refractivity contribution >= 4 is 11.5 Å². The number of amidine groups is 1. The fourth-order valence-corrected chi connectivity index (χ4v) is 1.21. The van der Waals surface area contributed by atoms with E-state index in [0.717, 1.165) is 5.69 Å². The topological polar surface area (TPSA) is 89.8 Å². The van der Waals surface area contributed by atoms with Gasteiger partial charge in [-0.05, 0) is 24.3 Å². The van der Waals surface area contributed by atoms with Gasteiger partial charge in [0, 0.05) is 17.2 Å². The summed E-state index contributed by atoms with van der Waals surface area (Å²) >= 11 is 0. The van der Waals surface area contributed by atoms with Crippen molar-refractivity contribution in [2.75, 3.05) is 0 Å². The largest absolute Gasteiger partial charge is 0.401 e. The van der Waals surface area contributed by atoms with Gasteiger partial charge in [0.15, 0.2) is 0 Å². The van der Waals surface area contributed by atoms with Crippen LogP contribution in [0.1, 0.15) is 26.3 Å². The third-order valence-electron chi connectivity index (χ3n) is 2.48. The molecule has 0 amide bonds. The summed E-state index contributed by atoms with van der Waals surface area (Å²) in [5, 5.41) is 8.69. The van der Waals surface area contributed by atoms with Gasteiger partial charge in [0.05, 0.1) is 11.6 Å². The Morgan fingerprint density at radius 2 is 1.78 bits per heavy atom. The second-order valence-corrected chi connectivity index (χ2v) is 5.12. The molecule has 0 aliphatic heterocycles. The number of allylic oxidation sites excluding steroid dienone is 1. The molecule has 0 unspecified atom stereocenters. The third kappa shape index (κ3) is 3.95. The summed E-state index contributed by atoms with van der Waals surface area (Å²) in [5.41, 5.74) is 13.8. The van der Waals surface area contributed by atoms with Crippen LogP contribution in [0.5, 0.6) is 0 Å². The minimum absolute atomic E-state index is 0.114. The van der Waals surface area contributed by atoms with Crippen molar-refractivity contribution in [1.82, 2.24) is 0 Å². The van der Waals surface area contributed by atoms with Crippen LogP contribution < -0.4 is 16.5 Å². The van der Waals surface area contributed by atoms with E-state index in [1.165, 1.54) is 0 Å². The Balaban J connectivity index is 2.93. The number of nitrogens with two attached hydrogens (primary N) is 2. The van der Waals surface area contributed by atoms with E-state index in [9.17, 15) is 0 Å². The van der Waals surface area contributed by atoms with Crippen molar-refractivity contribution in [2.45, 2.75) is 20.8 Å². The van der Waals surface area contributed by atoms with E-state index in [1.54, 1.807) is 30.3 Å². The smallest absolute Gasteiger partial charge is 0.272 e. The standard InChI is InChI=1S/C14H18N4/c1-14(2,3)12(16)8-13(17)18-11-6-4-10(9-15)5-7-11/h4-8H,16H2,1-3H3,(H2,17,18)/p+1. The molecule has 0 spiro atoms. The van der Waals surface area contributed by atoms with Crippen LogP contribution in [0, 0.1) is 16.7 Å². The predicted octanol–water partition coefficient (Wildman–Crippen LogP) is 0.516. The fourth-order valence-electron chi connectivity index (χ4n) is 1.21. The summed E-state index contributed by atoms with van der Waals surface area (Å²) in [6.07, 6.45) is 1.72. The molecular formula is C14H19N4+. The Bertz CT molecular complexity index is 510. The summed E-state index contributed by atoms with van der Waals surface area (Å²) in [7, 11) is 0. The van der Waals surface area contributed by atoms with Crippen LogP contribution >= 0.6 is 0 Å². The number of hydrogen-bond donors (Lipinski definition) is 3. The summed E-state index contributed by atoms with van der Waals surface area (Å²) < 4.78 is 0. The molecule has 0 atom stereocenters. The molecule has 0 saturated carbocycles. The fraction of sp³-hybridized carbons (Fsp3) is 0.286. The summed E-state index contributed by atoms with van der Waals surface area (Å²) in [6.45, 7) is 6.06. The molecule has 0 fully saturated rings. The second kappa shape index (κ2) is 5.37. The first-order valence-electron chi connectivity index (χ1n) is 5.70. The number of rotatable bonds is 2. The minimum atomic E-state index is -0.114. The van der Waals surface area contributed by atoms with Crippen LogP contribution in [-0.4, -0.2) is 5.84 Å². The summed E-state index contributed by atoms with van der Waals surface area (Å²) in [6, 6.07) is 9.12. The van der Waals surface area contributed by atoms with Crippen molar-refractivity contribution in [3.63, 3.8) is 0 Å². The highest BCUT2D eigenvalue weighted by Crippen LogP contribution is 2.19. The monoisotopic (exact) mass is 243 g/mol. The lowest BCUT2D eigenvalue weighted by molar-refractivity contribution is -0.353. The van der Waals surface area contributed by atoms with Gasteiger partial charge in [-0.2, -0.15) is 5.26 Å². The van der Waals surface area contributed by atoms with E-state index in [2.05, 4.69) is 11.1 Å². The van der Waals surface area contributed by atoms with Crippen molar-refractivity contribution in [3.8, 4) is 6.07 Å².